The second-order valence-electron chi connectivity index (χ2n) is 4.52. The molecule has 0 aliphatic carbocycles. The second-order valence-corrected chi connectivity index (χ2v) is 4.52. The van der Waals surface area contributed by atoms with Crippen LogP contribution in [0.5, 0.6) is 0 Å². The van der Waals surface area contributed by atoms with Crippen molar-refractivity contribution in [3.05, 3.63) is 65.4 Å². The molecule has 0 saturated heterocycles. The SMILES string of the molecule is Fc1cc(CNCc2nnc3ccccn23)cc(F)c1F. The number of halogens is 3. The third kappa shape index (κ3) is 2.73. The fraction of sp³-hybridized carbons (Fsp3) is 0.143. The number of benzene rings is 1. The smallest absolute Gasteiger partial charge is 0.194 e. The van der Waals surface area contributed by atoms with E-state index in [2.05, 4.69) is 15.5 Å². The topological polar surface area (TPSA) is 42.2 Å². The molecule has 0 atom stereocenters. The highest BCUT2D eigenvalue weighted by atomic mass is 19.2. The molecule has 3 aromatic rings. The van der Waals surface area contributed by atoms with Gasteiger partial charge in [0.05, 0.1) is 6.54 Å². The molecular formula is C14H11F3N4. The fourth-order valence-corrected chi connectivity index (χ4v) is 2.04. The van der Waals surface area contributed by atoms with E-state index < -0.39 is 17.5 Å². The molecule has 0 aliphatic rings. The summed E-state index contributed by atoms with van der Waals surface area (Å²) in [5, 5.41) is 11.0. The van der Waals surface area contributed by atoms with Crippen LogP contribution in [-0.2, 0) is 13.1 Å². The van der Waals surface area contributed by atoms with Gasteiger partial charge >= 0.3 is 0 Å². The Balaban J connectivity index is 1.69. The molecular weight excluding hydrogens is 281 g/mol. The largest absolute Gasteiger partial charge is 0.306 e. The predicted octanol–water partition coefficient (Wildman–Crippen LogP) is 2.44. The van der Waals surface area contributed by atoms with E-state index in [9.17, 15) is 13.2 Å². The number of hydrogen-bond donors (Lipinski definition) is 1. The van der Waals surface area contributed by atoms with Gasteiger partial charge in [-0.1, -0.05) is 6.07 Å². The molecule has 108 valence electrons. The van der Waals surface area contributed by atoms with Gasteiger partial charge in [0.15, 0.2) is 28.9 Å². The summed E-state index contributed by atoms with van der Waals surface area (Å²) in [6, 6.07) is 7.46. The van der Waals surface area contributed by atoms with Crippen LogP contribution >= 0.6 is 0 Å². The van der Waals surface area contributed by atoms with Crippen LogP contribution in [0.4, 0.5) is 13.2 Å². The minimum absolute atomic E-state index is 0.190. The van der Waals surface area contributed by atoms with Gasteiger partial charge in [-0.2, -0.15) is 0 Å². The Hall–Kier alpha value is -2.41. The van der Waals surface area contributed by atoms with Gasteiger partial charge in [0, 0.05) is 12.7 Å². The highest BCUT2D eigenvalue weighted by Gasteiger charge is 2.10. The molecule has 21 heavy (non-hydrogen) atoms. The summed E-state index contributed by atoms with van der Waals surface area (Å²) in [6.45, 7) is 0.557. The minimum Gasteiger partial charge on any atom is -0.306 e. The first-order valence-electron chi connectivity index (χ1n) is 6.28. The Kier molecular flexibility index (Phi) is 3.57. The third-order valence-corrected chi connectivity index (χ3v) is 3.04. The lowest BCUT2D eigenvalue weighted by atomic mass is 10.2. The van der Waals surface area contributed by atoms with Gasteiger partial charge in [0.2, 0.25) is 0 Å². The number of pyridine rings is 1. The van der Waals surface area contributed by atoms with Crippen molar-refractivity contribution >= 4 is 5.65 Å². The van der Waals surface area contributed by atoms with Crippen LogP contribution in [0.25, 0.3) is 5.65 Å². The van der Waals surface area contributed by atoms with Crippen LogP contribution in [-0.4, -0.2) is 14.6 Å². The summed E-state index contributed by atoms with van der Waals surface area (Å²) in [5.41, 5.74) is 1.04. The molecule has 0 aliphatic heterocycles. The standard InChI is InChI=1S/C14H11F3N4/c15-10-5-9(6-11(16)14(10)17)7-18-8-13-20-19-12-3-1-2-4-21(12)13/h1-6,18H,7-8H2. The van der Waals surface area contributed by atoms with Crippen molar-refractivity contribution in [2.45, 2.75) is 13.1 Å². The van der Waals surface area contributed by atoms with E-state index in [1.54, 1.807) is 4.40 Å². The highest BCUT2D eigenvalue weighted by Crippen LogP contribution is 2.13. The van der Waals surface area contributed by atoms with Crippen LogP contribution in [0.3, 0.4) is 0 Å². The molecule has 2 heterocycles. The number of aromatic nitrogens is 3. The van der Waals surface area contributed by atoms with Crippen LogP contribution in [0, 0.1) is 17.5 Å². The maximum Gasteiger partial charge on any atom is 0.194 e. The quantitative estimate of drug-likeness (QED) is 0.751. The molecule has 7 heteroatoms. The van der Waals surface area contributed by atoms with Gasteiger partial charge in [0.25, 0.3) is 0 Å². The highest BCUT2D eigenvalue weighted by molar-refractivity contribution is 5.36. The number of hydrogen-bond acceptors (Lipinski definition) is 3. The lowest BCUT2D eigenvalue weighted by Crippen LogP contribution is -2.15. The van der Waals surface area contributed by atoms with Crippen molar-refractivity contribution in [3.8, 4) is 0 Å². The number of nitrogens with one attached hydrogen (secondary N) is 1. The Labute approximate surface area is 118 Å². The molecule has 0 saturated carbocycles. The molecule has 0 unspecified atom stereocenters. The molecule has 3 rings (SSSR count). The first-order chi connectivity index (χ1) is 10.1. The zero-order chi connectivity index (χ0) is 14.8. The minimum atomic E-state index is -1.46. The van der Waals surface area contributed by atoms with Crippen LogP contribution < -0.4 is 5.32 Å². The fourth-order valence-electron chi connectivity index (χ4n) is 2.04. The van der Waals surface area contributed by atoms with E-state index in [4.69, 9.17) is 0 Å². The van der Waals surface area contributed by atoms with Crippen LogP contribution in [0.1, 0.15) is 11.4 Å². The molecule has 0 fully saturated rings. The van der Waals surface area contributed by atoms with Gasteiger partial charge in [-0.25, -0.2) is 13.2 Å². The predicted molar refractivity (Wildman–Crippen MR) is 69.8 cm³/mol. The lowest BCUT2D eigenvalue weighted by Gasteiger charge is -2.05. The Morgan fingerprint density at radius 3 is 2.52 bits per heavy atom. The molecule has 0 amide bonds. The van der Waals surface area contributed by atoms with Gasteiger partial charge in [-0.3, -0.25) is 4.40 Å². The zero-order valence-corrected chi connectivity index (χ0v) is 10.9. The Morgan fingerprint density at radius 2 is 1.76 bits per heavy atom. The molecule has 0 radical (unpaired) electrons. The number of rotatable bonds is 4. The maximum atomic E-state index is 13.1. The van der Waals surface area contributed by atoms with Crippen molar-refractivity contribution in [3.63, 3.8) is 0 Å². The summed E-state index contributed by atoms with van der Waals surface area (Å²) in [7, 11) is 0. The molecule has 0 bridgehead atoms. The van der Waals surface area contributed by atoms with E-state index in [-0.39, 0.29) is 6.54 Å². The van der Waals surface area contributed by atoms with Crippen molar-refractivity contribution in [2.24, 2.45) is 0 Å². The lowest BCUT2D eigenvalue weighted by molar-refractivity contribution is 0.444. The first kappa shape index (κ1) is 13.6. The monoisotopic (exact) mass is 292 g/mol. The van der Waals surface area contributed by atoms with Crippen molar-refractivity contribution in [1.29, 1.82) is 0 Å². The van der Waals surface area contributed by atoms with E-state index >= 15 is 0 Å². The summed E-state index contributed by atoms with van der Waals surface area (Å²) >= 11 is 0. The average Bonchev–Trinajstić information content (AvgIpc) is 2.88. The molecule has 1 aromatic carbocycles. The van der Waals surface area contributed by atoms with E-state index in [0.717, 1.165) is 12.1 Å². The van der Waals surface area contributed by atoms with Gasteiger partial charge in [-0.15, -0.1) is 10.2 Å². The van der Waals surface area contributed by atoms with Crippen molar-refractivity contribution in [1.82, 2.24) is 19.9 Å². The summed E-state index contributed by atoms with van der Waals surface area (Å²) in [4.78, 5) is 0. The van der Waals surface area contributed by atoms with Gasteiger partial charge in [0.1, 0.15) is 0 Å². The molecule has 1 N–H and O–H groups in total. The number of nitrogens with zero attached hydrogens (tertiary/aromatic N) is 3. The Morgan fingerprint density at radius 1 is 1.00 bits per heavy atom. The average molecular weight is 292 g/mol. The maximum absolute atomic E-state index is 13.1. The second kappa shape index (κ2) is 5.53. The van der Waals surface area contributed by atoms with Crippen molar-refractivity contribution < 1.29 is 13.2 Å². The van der Waals surface area contributed by atoms with Crippen LogP contribution in [0.15, 0.2) is 36.5 Å². The van der Waals surface area contributed by atoms with E-state index in [0.29, 0.717) is 23.6 Å². The first-order valence-corrected chi connectivity index (χ1v) is 6.28. The van der Waals surface area contributed by atoms with Gasteiger partial charge in [-0.05, 0) is 29.8 Å². The number of fused-ring (bicyclic) bond motifs is 1. The third-order valence-electron chi connectivity index (χ3n) is 3.04. The molecule has 0 spiro atoms. The van der Waals surface area contributed by atoms with E-state index in [1.807, 2.05) is 24.4 Å². The molecule has 4 nitrogen and oxygen atoms in total. The van der Waals surface area contributed by atoms with Gasteiger partial charge < -0.3 is 5.32 Å². The Bertz CT molecular complexity index is 762. The summed E-state index contributed by atoms with van der Waals surface area (Å²) in [5.74, 6) is -3.17. The summed E-state index contributed by atoms with van der Waals surface area (Å²) < 4.78 is 40.8. The molecule has 2 aromatic heterocycles. The summed E-state index contributed by atoms with van der Waals surface area (Å²) in [6.07, 6.45) is 1.82. The normalized spacial score (nSPS) is 11.2. The zero-order valence-electron chi connectivity index (χ0n) is 10.9. The van der Waals surface area contributed by atoms with Crippen LogP contribution in [0.2, 0.25) is 0 Å². The van der Waals surface area contributed by atoms with E-state index in [1.165, 1.54) is 0 Å². The van der Waals surface area contributed by atoms with Crippen molar-refractivity contribution in [2.75, 3.05) is 0 Å².